The molecule has 15 heavy (non-hydrogen) atoms. The molecule has 0 aromatic carbocycles. The van der Waals surface area contributed by atoms with E-state index in [-0.39, 0.29) is 5.60 Å². The average Bonchev–Trinajstić information content (AvgIpc) is 2.17. The molecule has 4 nitrogen and oxygen atoms in total. The van der Waals surface area contributed by atoms with Crippen LogP contribution in [0.1, 0.15) is 26.2 Å². The fraction of sp³-hybridized carbons (Fsp3) is 1.00. The Hall–Kier alpha value is -0.160. The number of hydrogen-bond acceptors (Lipinski definition) is 4. The molecule has 0 aromatic rings. The molecule has 0 aromatic heterocycles. The highest BCUT2D eigenvalue weighted by molar-refractivity contribution is 4.93. The topological polar surface area (TPSA) is 39.7 Å². The Morgan fingerprint density at radius 1 is 1.33 bits per heavy atom. The van der Waals surface area contributed by atoms with E-state index in [0.29, 0.717) is 6.61 Å². The molecular weight excluding hydrogens is 194 g/mol. The molecule has 1 atom stereocenters. The van der Waals surface area contributed by atoms with Crippen molar-refractivity contribution in [3.8, 4) is 0 Å². The summed E-state index contributed by atoms with van der Waals surface area (Å²) in [5.74, 6) is -0.496. The van der Waals surface area contributed by atoms with E-state index in [4.69, 9.17) is 14.2 Å². The summed E-state index contributed by atoms with van der Waals surface area (Å²) >= 11 is 0. The molecule has 0 aliphatic carbocycles. The van der Waals surface area contributed by atoms with Gasteiger partial charge in [-0.3, -0.25) is 0 Å². The van der Waals surface area contributed by atoms with Crippen molar-refractivity contribution in [1.82, 2.24) is 5.32 Å². The number of methoxy groups -OCH3 is 1. The highest BCUT2D eigenvalue weighted by Gasteiger charge is 2.44. The van der Waals surface area contributed by atoms with Crippen LogP contribution in [0.5, 0.6) is 0 Å². The van der Waals surface area contributed by atoms with Crippen molar-refractivity contribution < 1.29 is 14.2 Å². The first-order chi connectivity index (χ1) is 7.18. The molecule has 0 saturated carbocycles. The van der Waals surface area contributed by atoms with Gasteiger partial charge in [-0.2, -0.15) is 0 Å². The number of hydrogen-bond donors (Lipinski definition) is 1. The van der Waals surface area contributed by atoms with Crippen molar-refractivity contribution in [1.29, 1.82) is 0 Å². The zero-order chi connectivity index (χ0) is 10.8. The van der Waals surface area contributed by atoms with E-state index in [9.17, 15) is 0 Å². The van der Waals surface area contributed by atoms with Gasteiger partial charge in [0.2, 0.25) is 0 Å². The van der Waals surface area contributed by atoms with Crippen molar-refractivity contribution >= 4 is 0 Å². The molecule has 1 N–H and O–H groups in total. The molecule has 0 radical (unpaired) electrons. The largest absolute Gasteiger partial charge is 0.379 e. The van der Waals surface area contributed by atoms with Crippen LogP contribution in [0.25, 0.3) is 0 Å². The highest BCUT2D eigenvalue weighted by atomic mass is 16.7. The minimum Gasteiger partial charge on any atom is -0.379 e. The van der Waals surface area contributed by atoms with Gasteiger partial charge in [-0.15, -0.1) is 0 Å². The van der Waals surface area contributed by atoms with Gasteiger partial charge in [-0.1, -0.05) is 0 Å². The predicted octanol–water partition coefficient (Wildman–Crippen LogP) is 0.908. The molecule has 2 rings (SSSR count). The second kappa shape index (κ2) is 4.37. The molecule has 2 aliphatic rings. The van der Waals surface area contributed by atoms with Gasteiger partial charge in [0.15, 0.2) is 5.79 Å². The predicted molar refractivity (Wildman–Crippen MR) is 56.8 cm³/mol. The minimum absolute atomic E-state index is 0.0735. The van der Waals surface area contributed by atoms with Crippen molar-refractivity contribution in [3.63, 3.8) is 0 Å². The molecule has 0 amide bonds. The standard InChI is InChI=1S/C11H21NO3/c1-10(7-12-8-10)15-11(9-13-2)5-3-4-6-14-11/h12H,3-9H2,1-2H3. The van der Waals surface area contributed by atoms with Crippen molar-refractivity contribution in [3.05, 3.63) is 0 Å². The highest BCUT2D eigenvalue weighted by Crippen LogP contribution is 2.32. The first-order valence-corrected chi connectivity index (χ1v) is 5.72. The van der Waals surface area contributed by atoms with Crippen molar-refractivity contribution in [2.24, 2.45) is 0 Å². The normalized spacial score (nSPS) is 34.8. The zero-order valence-corrected chi connectivity index (χ0v) is 9.67. The van der Waals surface area contributed by atoms with Crippen LogP contribution in [-0.4, -0.2) is 44.8 Å². The monoisotopic (exact) mass is 215 g/mol. The maximum Gasteiger partial charge on any atom is 0.192 e. The lowest BCUT2D eigenvalue weighted by Gasteiger charge is -2.47. The van der Waals surface area contributed by atoms with Gasteiger partial charge in [-0.05, 0) is 19.8 Å². The summed E-state index contributed by atoms with van der Waals surface area (Å²) in [6, 6.07) is 0. The van der Waals surface area contributed by atoms with Gasteiger partial charge in [0.1, 0.15) is 6.61 Å². The third-order valence-corrected chi connectivity index (χ3v) is 3.11. The lowest BCUT2D eigenvalue weighted by atomic mass is 9.97. The van der Waals surface area contributed by atoms with Crippen LogP contribution < -0.4 is 5.32 Å². The van der Waals surface area contributed by atoms with E-state index in [2.05, 4.69) is 12.2 Å². The average molecular weight is 215 g/mol. The van der Waals surface area contributed by atoms with Crippen LogP contribution >= 0.6 is 0 Å². The van der Waals surface area contributed by atoms with E-state index in [1.165, 1.54) is 0 Å². The Labute approximate surface area is 91.3 Å². The summed E-state index contributed by atoms with van der Waals surface area (Å²) in [6.07, 6.45) is 3.23. The number of ether oxygens (including phenoxy) is 3. The van der Waals surface area contributed by atoms with E-state index in [1.807, 2.05) is 0 Å². The van der Waals surface area contributed by atoms with Crippen LogP contribution in [-0.2, 0) is 14.2 Å². The summed E-state index contributed by atoms with van der Waals surface area (Å²) in [5.41, 5.74) is -0.0735. The summed E-state index contributed by atoms with van der Waals surface area (Å²) in [7, 11) is 1.70. The third-order valence-electron chi connectivity index (χ3n) is 3.11. The van der Waals surface area contributed by atoms with Crippen LogP contribution in [0.4, 0.5) is 0 Å². The Kier molecular flexibility index (Phi) is 3.30. The first kappa shape index (κ1) is 11.3. The molecule has 2 fully saturated rings. The van der Waals surface area contributed by atoms with Crippen molar-refractivity contribution in [2.45, 2.75) is 37.6 Å². The smallest absolute Gasteiger partial charge is 0.192 e. The second-order valence-electron chi connectivity index (χ2n) is 4.80. The van der Waals surface area contributed by atoms with Gasteiger partial charge in [0.05, 0.1) is 12.2 Å². The van der Waals surface area contributed by atoms with Gasteiger partial charge in [0.25, 0.3) is 0 Å². The molecular formula is C11H21NO3. The quantitative estimate of drug-likeness (QED) is 0.756. The van der Waals surface area contributed by atoms with Crippen LogP contribution in [0.2, 0.25) is 0 Å². The molecule has 88 valence electrons. The van der Waals surface area contributed by atoms with Crippen LogP contribution in [0, 0.1) is 0 Å². The van der Waals surface area contributed by atoms with Crippen LogP contribution in [0.15, 0.2) is 0 Å². The first-order valence-electron chi connectivity index (χ1n) is 5.72. The van der Waals surface area contributed by atoms with E-state index in [0.717, 1.165) is 39.0 Å². The molecule has 2 heterocycles. The summed E-state index contributed by atoms with van der Waals surface area (Å²) in [4.78, 5) is 0. The van der Waals surface area contributed by atoms with Gasteiger partial charge >= 0.3 is 0 Å². The maximum atomic E-state index is 6.13. The second-order valence-corrected chi connectivity index (χ2v) is 4.80. The molecule has 1 unspecified atom stereocenters. The fourth-order valence-corrected chi connectivity index (χ4v) is 2.27. The van der Waals surface area contributed by atoms with Crippen molar-refractivity contribution in [2.75, 3.05) is 33.4 Å². The summed E-state index contributed by atoms with van der Waals surface area (Å²) < 4.78 is 17.2. The molecule has 0 spiro atoms. The minimum atomic E-state index is -0.496. The molecule has 0 bridgehead atoms. The number of rotatable bonds is 4. The SMILES string of the molecule is COCC1(OC2(C)CNC2)CCCCO1. The lowest BCUT2D eigenvalue weighted by molar-refractivity contribution is -0.322. The van der Waals surface area contributed by atoms with Gasteiger partial charge in [0, 0.05) is 26.6 Å². The zero-order valence-electron chi connectivity index (χ0n) is 9.67. The van der Waals surface area contributed by atoms with Gasteiger partial charge < -0.3 is 19.5 Å². The Morgan fingerprint density at radius 2 is 2.13 bits per heavy atom. The van der Waals surface area contributed by atoms with Crippen LogP contribution in [0.3, 0.4) is 0 Å². The van der Waals surface area contributed by atoms with Gasteiger partial charge in [-0.25, -0.2) is 0 Å². The summed E-state index contributed by atoms with van der Waals surface area (Å²) in [5, 5.41) is 3.23. The maximum absolute atomic E-state index is 6.13. The van der Waals surface area contributed by atoms with E-state index >= 15 is 0 Å². The summed E-state index contributed by atoms with van der Waals surface area (Å²) in [6.45, 7) is 5.25. The van der Waals surface area contributed by atoms with E-state index < -0.39 is 5.79 Å². The Bertz CT molecular complexity index is 204. The Balaban J connectivity index is 1.97. The molecule has 2 saturated heterocycles. The lowest BCUT2D eigenvalue weighted by Crippen LogP contribution is -2.64. The molecule has 4 heteroatoms. The number of nitrogens with one attached hydrogen (secondary N) is 1. The third kappa shape index (κ3) is 2.50. The fourth-order valence-electron chi connectivity index (χ4n) is 2.27. The van der Waals surface area contributed by atoms with E-state index in [1.54, 1.807) is 7.11 Å². The molecule has 2 aliphatic heterocycles. The Morgan fingerprint density at radius 3 is 2.60 bits per heavy atom.